The zero-order valence-electron chi connectivity index (χ0n) is 13.4. The quantitative estimate of drug-likeness (QED) is 0.471. The number of aliphatic hydroxyl groups excluding tert-OH is 1. The predicted molar refractivity (Wildman–Crippen MR) is 83.3 cm³/mol. The van der Waals surface area contributed by atoms with E-state index in [1.807, 2.05) is 13.8 Å². The summed E-state index contributed by atoms with van der Waals surface area (Å²) in [5.74, 6) is -2.57. The van der Waals surface area contributed by atoms with Gasteiger partial charge in [0.15, 0.2) is 0 Å². The fraction of sp³-hybridized carbons (Fsp3) is 0.467. The van der Waals surface area contributed by atoms with Crippen molar-refractivity contribution in [3.8, 4) is 0 Å². The second-order valence-electron chi connectivity index (χ2n) is 5.86. The van der Waals surface area contributed by atoms with Crippen LogP contribution in [0, 0.1) is 21.8 Å². The van der Waals surface area contributed by atoms with Crippen molar-refractivity contribution < 1.29 is 24.0 Å². The number of hydrogen-bond donors (Lipinski definition) is 3. The molecule has 0 fully saturated rings. The molecule has 0 radical (unpaired) electrons. The van der Waals surface area contributed by atoms with E-state index in [9.17, 15) is 29.2 Å². The van der Waals surface area contributed by atoms with E-state index in [4.69, 9.17) is 5.73 Å². The Morgan fingerprint density at radius 3 is 2.54 bits per heavy atom. The Kier molecular flexibility index (Phi) is 6.78. The van der Waals surface area contributed by atoms with Gasteiger partial charge in [-0.25, -0.2) is 0 Å². The van der Waals surface area contributed by atoms with E-state index in [-0.39, 0.29) is 24.3 Å². The first kappa shape index (κ1) is 19.5. The zero-order valence-corrected chi connectivity index (χ0v) is 13.4. The van der Waals surface area contributed by atoms with Gasteiger partial charge >= 0.3 is 5.69 Å². The van der Waals surface area contributed by atoms with Crippen LogP contribution in [0.25, 0.3) is 0 Å². The van der Waals surface area contributed by atoms with Crippen molar-refractivity contribution in [3.63, 3.8) is 0 Å². The summed E-state index contributed by atoms with van der Waals surface area (Å²) >= 11 is 0. The third-order valence-corrected chi connectivity index (χ3v) is 3.30. The van der Waals surface area contributed by atoms with E-state index in [1.165, 1.54) is 6.07 Å². The minimum atomic E-state index is -1.30. The van der Waals surface area contributed by atoms with Crippen LogP contribution in [-0.4, -0.2) is 34.0 Å². The molecule has 132 valence electrons. The summed E-state index contributed by atoms with van der Waals surface area (Å²) in [6.07, 6.45) is -1.25. The van der Waals surface area contributed by atoms with Crippen molar-refractivity contribution in [2.45, 2.75) is 38.8 Å². The molecule has 0 heterocycles. The highest BCUT2D eigenvalue weighted by Gasteiger charge is 2.24. The van der Waals surface area contributed by atoms with Crippen molar-refractivity contribution in [2.75, 3.05) is 0 Å². The molecule has 1 aromatic carbocycles. The number of carbonyl (C=O) groups is 2. The number of halogens is 1. The summed E-state index contributed by atoms with van der Waals surface area (Å²) in [7, 11) is 0. The number of benzene rings is 1. The average molecular weight is 341 g/mol. The van der Waals surface area contributed by atoms with Gasteiger partial charge in [0.25, 0.3) is 0 Å². The molecule has 0 unspecified atom stereocenters. The molecule has 0 spiro atoms. The number of nitrogens with one attached hydrogen (secondary N) is 1. The Balaban J connectivity index is 2.87. The molecular formula is C15H20FN3O5. The lowest BCUT2D eigenvalue weighted by Gasteiger charge is -2.19. The number of hydrogen-bond acceptors (Lipinski definition) is 5. The van der Waals surface area contributed by atoms with Gasteiger partial charge in [0, 0.05) is 12.5 Å². The minimum absolute atomic E-state index is 0.0672. The maximum atomic E-state index is 13.3. The summed E-state index contributed by atoms with van der Waals surface area (Å²) in [6, 6.07) is 1.96. The Morgan fingerprint density at radius 2 is 2.04 bits per heavy atom. The molecule has 0 aliphatic carbocycles. The van der Waals surface area contributed by atoms with Gasteiger partial charge in [-0.2, -0.15) is 4.39 Å². The van der Waals surface area contributed by atoms with E-state index in [0.29, 0.717) is 0 Å². The number of nitro benzene ring substituents is 1. The SMILES string of the molecule is CC(C)C[C@H](O)C(=O)N[C@H](Cc1ccc(F)c([N+](=O)[O-])c1)C(N)=O. The highest BCUT2D eigenvalue weighted by molar-refractivity contribution is 5.88. The minimum Gasteiger partial charge on any atom is -0.383 e. The predicted octanol–water partition coefficient (Wildman–Crippen LogP) is 0.653. The van der Waals surface area contributed by atoms with Gasteiger partial charge in [-0.1, -0.05) is 19.9 Å². The highest BCUT2D eigenvalue weighted by atomic mass is 19.1. The van der Waals surface area contributed by atoms with Crippen LogP contribution >= 0.6 is 0 Å². The van der Waals surface area contributed by atoms with Crippen LogP contribution in [0.2, 0.25) is 0 Å². The van der Waals surface area contributed by atoms with Crippen LogP contribution in [0.5, 0.6) is 0 Å². The number of nitrogens with zero attached hydrogens (tertiary/aromatic N) is 1. The summed E-state index contributed by atoms with van der Waals surface area (Å²) in [5.41, 5.74) is 4.74. The van der Waals surface area contributed by atoms with Crippen molar-refractivity contribution in [1.82, 2.24) is 5.32 Å². The third-order valence-electron chi connectivity index (χ3n) is 3.30. The van der Waals surface area contributed by atoms with E-state index in [1.54, 1.807) is 0 Å². The zero-order chi connectivity index (χ0) is 18.4. The molecule has 2 amide bonds. The monoisotopic (exact) mass is 341 g/mol. The fourth-order valence-corrected chi connectivity index (χ4v) is 2.11. The van der Waals surface area contributed by atoms with Crippen molar-refractivity contribution in [1.29, 1.82) is 0 Å². The van der Waals surface area contributed by atoms with Gasteiger partial charge < -0.3 is 16.2 Å². The van der Waals surface area contributed by atoms with Crippen molar-refractivity contribution >= 4 is 17.5 Å². The summed E-state index contributed by atoms with van der Waals surface area (Å²) in [4.78, 5) is 33.2. The molecule has 24 heavy (non-hydrogen) atoms. The number of nitrogens with two attached hydrogens (primary N) is 1. The molecule has 1 rings (SSSR count). The third kappa shape index (κ3) is 5.58. The van der Waals surface area contributed by atoms with Gasteiger partial charge in [-0.05, 0) is 24.0 Å². The normalized spacial score (nSPS) is 13.4. The Bertz CT molecular complexity index is 636. The lowest BCUT2D eigenvalue weighted by molar-refractivity contribution is -0.387. The van der Waals surface area contributed by atoms with Crippen LogP contribution in [0.4, 0.5) is 10.1 Å². The number of aliphatic hydroxyl groups is 1. The molecule has 0 aliphatic heterocycles. The van der Waals surface area contributed by atoms with Gasteiger partial charge in [0.05, 0.1) is 4.92 Å². The van der Waals surface area contributed by atoms with Gasteiger partial charge in [0.2, 0.25) is 17.6 Å². The molecule has 4 N–H and O–H groups in total. The maximum absolute atomic E-state index is 13.3. The number of carbonyl (C=O) groups excluding carboxylic acids is 2. The summed E-state index contributed by atoms with van der Waals surface area (Å²) in [5, 5.41) is 22.8. The maximum Gasteiger partial charge on any atom is 0.305 e. The lowest BCUT2D eigenvalue weighted by Crippen LogP contribution is -2.49. The molecule has 9 heteroatoms. The Hall–Kier alpha value is -2.55. The molecule has 8 nitrogen and oxygen atoms in total. The van der Waals surface area contributed by atoms with E-state index in [0.717, 1.165) is 12.1 Å². The largest absolute Gasteiger partial charge is 0.383 e. The first-order chi connectivity index (χ1) is 11.1. The van der Waals surface area contributed by atoms with Gasteiger partial charge in [0.1, 0.15) is 12.1 Å². The van der Waals surface area contributed by atoms with Crippen molar-refractivity contribution in [3.05, 3.63) is 39.7 Å². The molecule has 0 aliphatic rings. The topological polar surface area (TPSA) is 136 Å². The molecule has 2 atom stereocenters. The number of nitro groups is 1. The van der Waals surface area contributed by atoms with Crippen LogP contribution in [0.3, 0.4) is 0 Å². The second-order valence-corrected chi connectivity index (χ2v) is 5.86. The molecule has 1 aromatic rings. The Morgan fingerprint density at radius 1 is 1.42 bits per heavy atom. The summed E-state index contributed by atoms with van der Waals surface area (Å²) in [6.45, 7) is 3.64. The van der Waals surface area contributed by atoms with E-state index in [2.05, 4.69) is 5.32 Å². The second kappa shape index (κ2) is 8.34. The first-order valence-electron chi connectivity index (χ1n) is 7.32. The van der Waals surface area contributed by atoms with E-state index >= 15 is 0 Å². The average Bonchev–Trinajstić information content (AvgIpc) is 2.47. The highest BCUT2D eigenvalue weighted by Crippen LogP contribution is 2.19. The van der Waals surface area contributed by atoms with Crippen LogP contribution in [0.15, 0.2) is 18.2 Å². The number of primary amides is 1. The fourth-order valence-electron chi connectivity index (χ4n) is 2.11. The Labute approximate surface area is 138 Å². The smallest absolute Gasteiger partial charge is 0.305 e. The van der Waals surface area contributed by atoms with Gasteiger partial charge in [-0.15, -0.1) is 0 Å². The van der Waals surface area contributed by atoms with E-state index < -0.39 is 40.4 Å². The van der Waals surface area contributed by atoms with Gasteiger partial charge in [-0.3, -0.25) is 19.7 Å². The number of rotatable bonds is 8. The molecule has 0 aromatic heterocycles. The number of amides is 2. The standard InChI is InChI=1S/C15H20FN3O5/c1-8(2)5-13(20)15(22)18-11(14(17)21)6-9-3-4-10(16)12(7-9)19(23)24/h3-4,7-8,11,13,20H,5-6H2,1-2H3,(H2,17,21)(H,18,22)/t11-,13+/m1/s1. The van der Waals surface area contributed by atoms with Crippen LogP contribution in [0.1, 0.15) is 25.8 Å². The van der Waals surface area contributed by atoms with Crippen LogP contribution in [-0.2, 0) is 16.0 Å². The van der Waals surface area contributed by atoms with Crippen LogP contribution < -0.4 is 11.1 Å². The molecule has 0 saturated carbocycles. The molecule has 0 bridgehead atoms. The molecular weight excluding hydrogens is 321 g/mol. The summed E-state index contributed by atoms with van der Waals surface area (Å²) < 4.78 is 13.3. The van der Waals surface area contributed by atoms with Crippen molar-refractivity contribution in [2.24, 2.45) is 11.7 Å². The first-order valence-corrected chi connectivity index (χ1v) is 7.32. The molecule has 0 saturated heterocycles. The lowest BCUT2D eigenvalue weighted by atomic mass is 10.0.